The van der Waals surface area contributed by atoms with Gasteiger partial charge in [0.25, 0.3) is 5.91 Å². The average molecular weight is 403 g/mol. The number of Topliss-reactive ketones (excluding diaryl/α,β-unsaturated/α-hetero) is 1. The number of hydrogen-bond acceptors (Lipinski definition) is 5. The number of anilines is 1. The molecule has 1 atom stereocenters. The van der Waals surface area contributed by atoms with Gasteiger partial charge in [-0.1, -0.05) is 12.1 Å². The van der Waals surface area contributed by atoms with Crippen LogP contribution in [-0.2, 0) is 9.59 Å². The summed E-state index contributed by atoms with van der Waals surface area (Å²) < 4.78 is 5.28. The van der Waals surface area contributed by atoms with E-state index in [1.807, 2.05) is 50.2 Å². The number of ether oxygens (including phenoxy) is 1. The number of nitrogens with zero attached hydrogens (tertiary/aromatic N) is 1. The lowest BCUT2D eigenvalue weighted by molar-refractivity contribution is -0.116. The number of nitrogens with one attached hydrogen (secondary N) is 2. The van der Waals surface area contributed by atoms with Gasteiger partial charge >= 0.3 is 0 Å². The van der Waals surface area contributed by atoms with Crippen molar-refractivity contribution in [1.82, 2.24) is 10.3 Å². The smallest absolute Gasteiger partial charge is 0.255 e. The zero-order valence-electron chi connectivity index (χ0n) is 17.4. The van der Waals surface area contributed by atoms with Crippen molar-refractivity contribution in [3.05, 3.63) is 76.3 Å². The van der Waals surface area contributed by atoms with E-state index in [1.165, 1.54) is 0 Å². The molecule has 6 nitrogen and oxygen atoms in total. The Labute approximate surface area is 176 Å². The normalized spacial score (nSPS) is 18.6. The molecule has 1 aliphatic carbocycles. The van der Waals surface area contributed by atoms with E-state index in [4.69, 9.17) is 4.74 Å². The Morgan fingerprint density at radius 3 is 2.63 bits per heavy atom. The number of dihydropyridines is 1. The van der Waals surface area contributed by atoms with E-state index in [1.54, 1.807) is 13.3 Å². The van der Waals surface area contributed by atoms with Crippen LogP contribution in [0.2, 0.25) is 0 Å². The summed E-state index contributed by atoms with van der Waals surface area (Å²) in [6, 6.07) is 11.3. The summed E-state index contributed by atoms with van der Waals surface area (Å²) in [4.78, 5) is 30.5. The van der Waals surface area contributed by atoms with Gasteiger partial charge in [-0.3, -0.25) is 9.59 Å². The molecule has 0 saturated carbocycles. The van der Waals surface area contributed by atoms with Crippen molar-refractivity contribution >= 4 is 17.5 Å². The van der Waals surface area contributed by atoms with E-state index < -0.39 is 5.92 Å². The number of ketones is 1. The van der Waals surface area contributed by atoms with Crippen molar-refractivity contribution in [1.29, 1.82) is 0 Å². The highest BCUT2D eigenvalue weighted by atomic mass is 16.5. The molecule has 2 N–H and O–H groups in total. The van der Waals surface area contributed by atoms with Gasteiger partial charge in [-0.05, 0) is 62.1 Å². The van der Waals surface area contributed by atoms with Crippen LogP contribution in [-0.4, -0.2) is 23.8 Å². The highest BCUT2D eigenvalue weighted by Gasteiger charge is 2.38. The topological polar surface area (TPSA) is 80.3 Å². The maximum Gasteiger partial charge on any atom is 0.255 e. The molecule has 4 rings (SSSR count). The molecular formula is C24H25N3O3. The van der Waals surface area contributed by atoms with Crippen LogP contribution in [0.25, 0.3) is 0 Å². The van der Waals surface area contributed by atoms with Gasteiger partial charge in [-0.2, -0.15) is 0 Å². The maximum absolute atomic E-state index is 13.4. The highest BCUT2D eigenvalue weighted by molar-refractivity contribution is 6.09. The molecule has 0 fully saturated rings. The summed E-state index contributed by atoms with van der Waals surface area (Å²) in [7, 11) is 1.61. The first-order chi connectivity index (χ1) is 14.5. The zero-order valence-corrected chi connectivity index (χ0v) is 17.4. The number of amides is 1. The molecule has 0 bridgehead atoms. The van der Waals surface area contributed by atoms with Gasteiger partial charge in [0.2, 0.25) is 0 Å². The molecule has 154 valence electrons. The maximum atomic E-state index is 13.4. The number of pyridine rings is 1. The lowest BCUT2D eigenvalue weighted by Crippen LogP contribution is -2.35. The van der Waals surface area contributed by atoms with Crippen molar-refractivity contribution in [3.63, 3.8) is 0 Å². The molecule has 1 aliphatic heterocycles. The second-order valence-electron chi connectivity index (χ2n) is 7.71. The van der Waals surface area contributed by atoms with Crippen LogP contribution in [0.1, 0.15) is 43.2 Å². The summed E-state index contributed by atoms with van der Waals surface area (Å²) >= 11 is 0. The first kappa shape index (κ1) is 19.9. The third-order valence-corrected chi connectivity index (χ3v) is 5.63. The van der Waals surface area contributed by atoms with E-state index in [0.717, 1.165) is 41.1 Å². The van der Waals surface area contributed by atoms with Crippen LogP contribution >= 0.6 is 0 Å². The predicted molar refractivity (Wildman–Crippen MR) is 115 cm³/mol. The Balaban J connectivity index is 1.77. The first-order valence-electron chi connectivity index (χ1n) is 10.1. The Morgan fingerprint density at radius 1 is 1.17 bits per heavy atom. The second kappa shape index (κ2) is 8.14. The third-order valence-electron chi connectivity index (χ3n) is 5.63. The minimum Gasteiger partial charge on any atom is -0.497 e. The Bertz CT molecular complexity index is 1070. The third kappa shape index (κ3) is 3.73. The summed E-state index contributed by atoms with van der Waals surface area (Å²) in [5.41, 5.74) is 4.81. The van der Waals surface area contributed by atoms with Crippen LogP contribution < -0.4 is 15.4 Å². The van der Waals surface area contributed by atoms with E-state index in [9.17, 15) is 9.59 Å². The molecule has 0 radical (unpaired) electrons. The lowest BCUT2D eigenvalue weighted by atomic mass is 9.75. The van der Waals surface area contributed by atoms with Crippen LogP contribution in [0.3, 0.4) is 0 Å². The van der Waals surface area contributed by atoms with E-state index in [2.05, 4.69) is 15.6 Å². The van der Waals surface area contributed by atoms with Gasteiger partial charge in [-0.25, -0.2) is 4.98 Å². The summed E-state index contributed by atoms with van der Waals surface area (Å²) in [6.07, 6.45) is 3.79. The standard InChI is InChI=1S/C24H25N3O3/c1-14-11-12-25-20(13-14)27-24(29)21-15(2)26-18-5-4-6-19(28)23(18)22(21)16-7-9-17(30-3)10-8-16/h7-13,22,26H,4-6H2,1-3H3,(H,25,27,29)/t22-/m0/s1. The Kier molecular flexibility index (Phi) is 5.40. The average Bonchev–Trinajstić information content (AvgIpc) is 2.73. The largest absolute Gasteiger partial charge is 0.497 e. The minimum atomic E-state index is -0.426. The van der Waals surface area contributed by atoms with Crippen molar-refractivity contribution in [2.24, 2.45) is 0 Å². The van der Waals surface area contributed by atoms with Gasteiger partial charge in [-0.15, -0.1) is 0 Å². The van der Waals surface area contributed by atoms with Crippen LogP contribution in [0.15, 0.2) is 65.1 Å². The number of aromatic nitrogens is 1. The van der Waals surface area contributed by atoms with E-state index in [-0.39, 0.29) is 11.7 Å². The Hall–Kier alpha value is -3.41. The van der Waals surface area contributed by atoms with Gasteiger partial charge in [0, 0.05) is 41.1 Å². The number of methoxy groups -OCH3 is 1. The fraction of sp³-hybridized carbons (Fsp3) is 0.292. The van der Waals surface area contributed by atoms with E-state index >= 15 is 0 Å². The molecule has 2 heterocycles. The van der Waals surface area contributed by atoms with Crippen LogP contribution in [0.4, 0.5) is 5.82 Å². The summed E-state index contributed by atoms with van der Waals surface area (Å²) in [5, 5.41) is 6.24. The number of rotatable bonds is 4. The first-order valence-corrected chi connectivity index (χ1v) is 10.1. The summed E-state index contributed by atoms with van der Waals surface area (Å²) in [6.45, 7) is 3.83. The molecule has 1 aromatic heterocycles. The lowest BCUT2D eigenvalue weighted by Gasteiger charge is -2.34. The fourth-order valence-corrected chi connectivity index (χ4v) is 4.20. The monoisotopic (exact) mass is 403 g/mol. The van der Waals surface area contributed by atoms with E-state index in [0.29, 0.717) is 23.4 Å². The van der Waals surface area contributed by atoms with Crippen molar-refractivity contribution in [2.75, 3.05) is 12.4 Å². The second-order valence-corrected chi connectivity index (χ2v) is 7.71. The van der Waals surface area contributed by atoms with Crippen molar-refractivity contribution in [2.45, 2.75) is 39.0 Å². The van der Waals surface area contributed by atoms with Crippen molar-refractivity contribution < 1.29 is 14.3 Å². The number of hydrogen-bond donors (Lipinski definition) is 2. The fourth-order valence-electron chi connectivity index (χ4n) is 4.20. The van der Waals surface area contributed by atoms with Crippen LogP contribution in [0.5, 0.6) is 5.75 Å². The number of aryl methyl sites for hydroxylation is 1. The van der Waals surface area contributed by atoms with Gasteiger partial charge in [0.1, 0.15) is 11.6 Å². The molecule has 30 heavy (non-hydrogen) atoms. The van der Waals surface area contributed by atoms with Gasteiger partial charge in [0.15, 0.2) is 5.78 Å². The number of carbonyl (C=O) groups excluding carboxylic acids is 2. The quantitative estimate of drug-likeness (QED) is 0.806. The van der Waals surface area contributed by atoms with Gasteiger partial charge < -0.3 is 15.4 Å². The molecule has 0 spiro atoms. The molecule has 2 aromatic rings. The molecule has 2 aliphatic rings. The SMILES string of the molecule is COc1ccc([C@H]2C(C(=O)Nc3cc(C)ccn3)=C(C)NC3=C2C(=O)CCC3)cc1. The Morgan fingerprint density at radius 2 is 1.93 bits per heavy atom. The van der Waals surface area contributed by atoms with Gasteiger partial charge in [0.05, 0.1) is 7.11 Å². The predicted octanol–water partition coefficient (Wildman–Crippen LogP) is 4.01. The van der Waals surface area contributed by atoms with Crippen molar-refractivity contribution in [3.8, 4) is 5.75 Å². The zero-order chi connectivity index (χ0) is 21.3. The minimum absolute atomic E-state index is 0.0936. The summed E-state index contributed by atoms with van der Waals surface area (Å²) in [5.74, 6) is 0.626. The number of allylic oxidation sites excluding steroid dienone is 3. The van der Waals surface area contributed by atoms with Crippen LogP contribution in [0, 0.1) is 6.92 Å². The molecular weight excluding hydrogens is 378 g/mol. The highest BCUT2D eigenvalue weighted by Crippen LogP contribution is 2.42. The molecule has 1 amide bonds. The molecule has 0 unspecified atom stereocenters. The number of carbonyl (C=O) groups is 2. The molecule has 0 saturated heterocycles. The number of benzene rings is 1. The molecule has 1 aromatic carbocycles. The molecule has 6 heteroatoms.